The van der Waals surface area contributed by atoms with Gasteiger partial charge in [-0.3, -0.25) is 9.19 Å². The van der Waals surface area contributed by atoms with E-state index in [1.807, 2.05) is 31.4 Å². The lowest BCUT2D eigenvalue weighted by Crippen LogP contribution is -1.96. The quantitative estimate of drug-likeness (QED) is 0.746. The molecule has 7 heteroatoms. The minimum absolute atomic E-state index is 0.197. The van der Waals surface area contributed by atoms with Crippen molar-refractivity contribution in [2.24, 2.45) is 0 Å². The van der Waals surface area contributed by atoms with Crippen molar-refractivity contribution in [2.45, 2.75) is 18.7 Å². The highest BCUT2D eigenvalue weighted by atomic mass is 32.2. The van der Waals surface area contributed by atoms with E-state index in [9.17, 15) is 8.60 Å². The van der Waals surface area contributed by atoms with Crippen LogP contribution in [0, 0.1) is 19.7 Å². The van der Waals surface area contributed by atoms with Gasteiger partial charge in [-0.15, -0.1) is 11.3 Å². The van der Waals surface area contributed by atoms with Crippen molar-refractivity contribution in [3.8, 4) is 11.3 Å². The van der Waals surface area contributed by atoms with E-state index in [4.69, 9.17) is 0 Å². The molecule has 0 spiro atoms. The van der Waals surface area contributed by atoms with E-state index in [2.05, 4.69) is 15.3 Å². The fraction of sp³-hybridized carbons (Fsp3) is 0.176. The number of aromatic nitrogens is 2. The third-order valence-corrected chi connectivity index (χ3v) is 5.08. The van der Waals surface area contributed by atoms with Crippen LogP contribution in [0.15, 0.2) is 40.6 Å². The number of nitrogens with zero attached hydrogens (tertiary/aromatic N) is 2. The largest absolute Gasteiger partial charge is 0.331 e. The lowest BCUT2D eigenvalue weighted by atomic mass is 10.1. The highest BCUT2D eigenvalue weighted by Gasteiger charge is 2.09. The van der Waals surface area contributed by atoms with Gasteiger partial charge in [-0.25, -0.2) is 9.37 Å². The average Bonchev–Trinajstić information content (AvgIpc) is 2.94. The number of nitrogens with one attached hydrogen (secondary N) is 1. The van der Waals surface area contributed by atoms with Crippen molar-refractivity contribution in [1.82, 2.24) is 9.97 Å². The van der Waals surface area contributed by atoms with Gasteiger partial charge in [-0.2, -0.15) is 0 Å². The van der Waals surface area contributed by atoms with Gasteiger partial charge < -0.3 is 5.32 Å². The summed E-state index contributed by atoms with van der Waals surface area (Å²) in [5, 5.41) is 5.70. The number of hydrogen-bond acceptors (Lipinski definition) is 5. The minimum atomic E-state index is -1.34. The Morgan fingerprint density at radius 1 is 1.12 bits per heavy atom. The van der Waals surface area contributed by atoms with Crippen molar-refractivity contribution < 1.29 is 8.60 Å². The van der Waals surface area contributed by atoms with Crippen LogP contribution in [0.3, 0.4) is 0 Å². The molecule has 0 amide bonds. The molecule has 1 unspecified atom stereocenters. The number of anilines is 2. The molecule has 1 N–H and O–H groups in total. The molecule has 0 saturated heterocycles. The Kier molecular flexibility index (Phi) is 4.73. The van der Waals surface area contributed by atoms with E-state index in [0.29, 0.717) is 10.8 Å². The first-order chi connectivity index (χ1) is 11.4. The van der Waals surface area contributed by atoms with Gasteiger partial charge in [-0.1, -0.05) is 0 Å². The summed E-state index contributed by atoms with van der Waals surface area (Å²) in [6, 6.07) is 8.52. The van der Waals surface area contributed by atoms with Gasteiger partial charge in [-0.05, 0) is 44.2 Å². The summed E-state index contributed by atoms with van der Waals surface area (Å²) < 4.78 is 25.3. The molecule has 0 aliphatic carbocycles. The van der Waals surface area contributed by atoms with Crippen LogP contribution < -0.4 is 5.32 Å². The topological polar surface area (TPSA) is 54.9 Å². The van der Waals surface area contributed by atoms with Crippen LogP contribution in [-0.4, -0.2) is 20.4 Å². The van der Waals surface area contributed by atoms with Gasteiger partial charge in [0.05, 0.1) is 21.4 Å². The van der Waals surface area contributed by atoms with E-state index in [1.54, 1.807) is 6.07 Å². The van der Waals surface area contributed by atoms with E-state index >= 15 is 0 Å². The minimum Gasteiger partial charge on any atom is -0.331 e. The molecular weight excluding hydrogens is 345 g/mol. The SMILES string of the molecule is Cc1cc(-c2csc(Nc3ccc(S(C)=O)c(F)c3)n2)cc(C)n1. The van der Waals surface area contributed by atoms with Gasteiger partial charge >= 0.3 is 0 Å². The first-order valence-corrected chi connectivity index (χ1v) is 9.67. The van der Waals surface area contributed by atoms with E-state index < -0.39 is 16.6 Å². The fourth-order valence-electron chi connectivity index (χ4n) is 2.38. The zero-order chi connectivity index (χ0) is 17.3. The molecule has 3 rings (SSSR count). The van der Waals surface area contributed by atoms with Crippen LogP contribution in [0.2, 0.25) is 0 Å². The Balaban J connectivity index is 1.84. The number of hydrogen-bond donors (Lipinski definition) is 1. The predicted octanol–water partition coefficient (Wildman–Crippen LogP) is 4.44. The van der Waals surface area contributed by atoms with Crippen molar-refractivity contribution in [2.75, 3.05) is 11.6 Å². The standard InChI is InChI=1S/C17H16FN3OS2/c1-10-6-12(7-11(2)19-10)15-9-23-17(21-15)20-13-4-5-16(24(3)22)14(18)8-13/h4-9H,1-3H3,(H,20,21). The molecular formula is C17H16FN3OS2. The highest BCUT2D eigenvalue weighted by Crippen LogP contribution is 2.28. The first kappa shape index (κ1) is 16.7. The second-order valence-corrected chi connectivity index (χ2v) is 7.61. The van der Waals surface area contributed by atoms with Crippen LogP contribution >= 0.6 is 11.3 Å². The number of thiazole rings is 1. The molecule has 4 nitrogen and oxygen atoms in total. The van der Waals surface area contributed by atoms with Crippen molar-refractivity contribution in [3.05, 3.63) is 52.9 Å². The summed E-state index contributed by atoms with van der Waals surface area (Å²) in [6.45, 7) is 3.90. The van der Waals surface area contributed by atoms with E-state index in [1.165, 1.54) is 29.7 Å². The molecule has 24 heavy (non-hydrogen) atoms. The monoisotopic (exact) mass is 361 g/mol. The Morgan fingerprint density at radius 3 is 2.46 bits per heavy atom. The van der Waals surface area contributed by atoms with E-state index in [0.717, 1.165) is 22.6 Å². The molecule has 124 valence electrons. The van der Waals surface area contributed by atoms with Gasteiger partial charge in [0.2, 0.25) is 0 Å². The molecule has 1 aromatic carbocycles. The lowest BCUT2D eigenvalue weighted by Gasteiger charge is -2.05. The lowest BCUT2D eigenvalue weighted by molar-refractivity contribution is 0.596. The molecule has 0 aliphatic rings. The van der Waals surface area contributed by atoms with Gasteiger partial charge in [0.15, 0.2) is 5.13 Å². The second kappa shape index (κ2) is 6.78. The zero-order valence-electron chi connectivity index (χ0n) is 13.5. The summed E-state index contributed by atoms with van der Waals surface area (Å²) >= 11 is 1.44. The normalized spacial score (nSPS) is 12.2. The van der Waals surface area contributed by atoms with E-state index in [-0.39, 0.29) is 4.90 Å². The van der Waals surface area contributed by atoms with Gasteiger partial charge in [0.1, 0.15) is 5.82 Å². The smallest absolute Gasteiger partial charge is 0.187 e. The second-order valence-electron chi connectivity index (χ2n) is 5.40. The first-order valence-electron chi connectivity index (χ1n) is 7.23. The molecule has 0 bridgehead atoms. The Labute approximate surface area is 146 Å². The number of aryl methyl sites for hydroxylation is 2. The summed E-state index contributed by atoms with van der Waals surface area (Å²) in [7, 11) is -1.34. The molecule has 1 atom stereocenters. The molecule has 0 saturated carbocycles. The third-order valence-electron chi connectivity index (χ3n) is 3.37. The molecule has 0 fully saturated rings. The van der Waals surface area contributed by atoms with Crippen LogP contribution in [0.1, 0.15) is 11.4 Å². The number of pyridine rings is 1. The molecule has 2 aromatic heterocycles. The van der Waals surface area contributed by atoms with Crippen molar-refractivity contribution in [3.63, 3.8) is 0 Å². The van der Waals surface area contributed by atoms with Crippen LogP contribution in [0.25, 0.3) is 11.3 Å². The predicted molar refractivity (Wildman–Crippen MR) is 96.8 cm³/mol. The summed E-state index contributed by atoms with van der Waals surface area (Å²) in [4.78, 5) is 9.10. The summed E-state index contributed by atoms with van der Waals surface area (Å²) in [5.74, 6) is -0.488. The Hall–Kier alpha value is -2.12. The van der Waals surface area contributed by atoms with Gasteiger partial charge in [0, 0.05) is 34.3 Å². The van der Waals surface area contributed by atoms with Crippen LogP contribution in [-0.2, 0) is 10.8 Å². The van der Waals surface area contributed by atoms with Crippen molar-refractivity contribution >= 4 is 33.0 Å². The van der Waals surface area contributed by atoms with Crippen molar-refractivity contribution in [1.29, 1.82) is 0 Å². The molecule has 0 aliphatic heterocycles. The maximum absolute atomic E-state index is 13.9. The number of rotatable bonds is 4. The van der Waals surface area contributed by atoms with Gasteiger partial charge in [0.25, 0.3) is 0 Å². The van der Waals surface area contributed by atoms with Crippen LogP contribution in [0.5, 0.6) is 0 Å². The Morgan fingerprint density at radius 2 is 1.83 bits per heavy atom. The molecule has 2 heterocycles. The highest BCUT2D eigenvalue weighted by molar-refractivity contribution is 7.84. The zero-order valence-corrected chi connectivity index (χ0v) is 15.1. The maximum Gasteiger partial charge on any atom is 0.187 e. The maximum atomic E-state index is 13.9. The molecule has 0 radical (unpaired) electrons. The number of benzene rings is 1. The average molecular weight is 361 g/mol. The van der Waals surface area contributed by atoms with Crippen LogP contribution in [0.4, 0.5) is 15.2 Å². The summed E-state index contributed by atoms with van der Waals surface area (Å²) in [6.07, 6.45) is 1.46. The third kappa shape index (κ3) is 3.68. The molecule has 3 aromatic rings. The Bertz CT molecular complexity index is 904. The number of halogens is 1. The summed E-state index contributed by atoms with van der Waals surface area (Å²) in [5.41, 5.74) is 4.32. The fourth-order valence-corrected chi connectivity index (χ4v) is 3.71.